The summed E-state index contributed by atoms with van der Waals surface area (Å²) in [5.74, 6) is 0.809. The van der Waals surface area contributed by atoms with Crippen molar-refractivity contribution >= 4 is 0 Å². The molecule has 1 aliphatic rings. The molecule has 0 atom stereocenters. The predicted octanol–water partition coefficient (Wildman–Crippen LogP) is 3.75. The van der Waals surface area contributed by atoms with Gasteiger partial charge >= 0.3 is 0 Å². The van der Waals surface area contributed by atoms with Gasteiger partial charge in [0.15, 0.2) is 0 Å². The Labute approximate surface area is 86.6 Å². The molecule has 1 heteroatoms. The van der Waals surface area contributed by atoms with Gasteiger partial charge in [-0.05, 0) is 50.3 Å². The molecule has 0 unspecified atom stereocenters. The van der Waals surface area contributed by atoms with Crippen molar-refractivity contribution in [3.63, 3.8) is 0 Å². The number of aryl methyl sites for hydroxylation is 2. The third kappa shape index (κ3) is 2.14. The second kappa shape index (κ2) is 4.12. The molecule has 0 radical (unpaired) electrons. The molecule has 0 saturated heterocycles. The van der Waals surface area contributed by atoms with Gasteiger partial charge in [-0.25, -0.2) is 0 Å². The summed E-state index contributed by atoms with van der Waals surface area (Å²) in [6, 6.07) is 4.53. The van der Waals surface area contributed by atoms with Gasteiger partial charge in [0.1, 0.15) is 0 Å². The van der Waals surface area contributed by atoms with Crippen LogP contribution in [0.4, 0.5) is 0 Å². The van der Waals surface area contributed by atoms with Crippen molar-refractivity contribution in [2.24, 2.45) is 0 Å². The molecule has 0 spiro atoms. The van der Waals surface area contributed by atoms with Crippen molar-refractivity contribution in [1.29, 1.82) is 0 Å². The van der Waals surface area contributed by atoms with Crippen molar-refractivity contribution in [3.05, 3.63) is 29.1 Å². The summed E-state index contributed by atoms with van der Waals surface area (Å²) in [4.78, 5) is 4.43. The first-order valence-corrected chi connectivity index (χ1v) is 5.71. The maximum absolute atomic E-state index is 4.43. The van der Waals surface area contributed by atoms with E-state index in [2.05, 4.69) is 31.0 Å². The van der Waals surface area contributed by atoms with E-state index >= 15 is 0 Å². The van der Waals surface area contributed by atoms with E-state index in [0.717, 1.165) is 5.92 Å². The molecule has 2 rings (SSSR count). The Bertz CT molecular complexity index is 291. The Kier molecular flexibility index (Phi) is 2.85. The molecule has 1 fully saturated rings. The molecule has 0 aliphatic heterocycles. The van der Waals surface area contributed by atoms with E-state index < -0.39 is 0 Å². The molecule has 1 aliphatic carbocycles. The molecule has 0 N–H and O–H groups in total. The van der Waals surface area contributed by atoms with Crippen molar-refractivity contribution in [1.82, 2.24) is 4.98 Å². The Hall–Kier alpha value is -0.850. The van der Waals surface area contributed by atoms with Gasteiger partial charge in [-0.15, -0.1) is 0 Å². The molecule has 1 nitrogen and oxygen atoms in total. The second-order valence-corrected chi connectivity index (χ2v) is 4.52. The van der Waals surface area contributed by atoms with Crippen LogP contribution in [0.2, 0.25) is 0 Å². The number of pyridine rings is 1. The van der Waals surface area contributed by atoms with Crippen LogP contribution in [0.5, 0.6) is 0 Å². The van der Waals surface area contributed by atoms with Crippen molar-refractivity contribution in [3.8, 4) is 0 Å². The lowest BCUT2D eigenvalue weighted by atomic mass is 9.84. The van der Waals surface area contributed by atoms with Gasteiger partial charge in [-0.1, -0.05) is 19.3 Å². The molecule has 14 heavy (non-hydrogen) atoms. The van der Waals surface area contributed by atoms with Gasteiger partial charge in [0.25, 0.3) is 0 Å². The molecule has 1 aromatic rings. The lowest BCUT2D eigenvalue weighted by molar-refractivity contribution is 0.443. The number of hydrogen-bond acceptors (Lipinski definition) is 1. The smallest absolute Gasteiger partial charge is 0.0378 e. The summed E-state index contributed by atoms with van der Waals surface area (Å²) >= 11 is 0. The van der Waals surface area contributed by atoms with E-state index in [9.17, 15) is 0 Å². The van der Waals surface area contributed by atoms with Crippen LogP contribution in [0.25, 0.3) is 0 Å². The van der Waals surface area contributed by atoms with Gasteiger partial charge in [0, 0.05) is 11.4 Å². The highest BCUT2D eigenvalue weighted by Crippen LogP contribution is 2.32. The van der Waals surface area contributed by atoms with Crippen LogP contribution >= 0.6 is 0 Å². The third-order valence-electron chi connectivity index (χ3n) is 3.18. The lowest BCUT2D eigenvalue weighted by Crippen LogP contribution is -2.05. The van der Waals surface area contributed by atoms with Gasteiger partial charge in [0.2, 0.25) is 0 Å². The average molecular weight is 189 g/mol. The summed E-state index contributed by atoms with van der Waals surface area (Å²) in [6.45, 7) is 4.19. The van der Waals surface area contributed by atoms with E-state index in [4.69, 9.17) is 0 Å². The zero-order chi connectivity index (χ0) is 9.97. The minimum absolute atomic E-state index is 0.809. The molecule has 1 saturated carbocycles. The average Bonchev–Trinajstić information content (AvgIpc) is 2.18. The SMILES string of the molecule is Cc1cc(C2CCCCC2)cc(C)n1. The van der Waals surface area contributed by atoms with E-state index in [1.165, 1.54) is 49.1 Å². The maximum atomic E-state index is 4.43. The van der Waals surface area contributed by atoms with Crippen molar-refractivity contribution in [2.45, 2.75) is 51.9 Å². The first-order chi connectivity index (χ1) is 6.75. The highest BCUT2D eigenvalue weighted by atomic mass is 14.7. The lowest BCUT2D eigenvalue weighted by Gasteiger charge is -2.22. The van der Waals surface area contributed by atoms with E-state index in [1.807, 2.05) is 0 Å². The zero-order valence-corrected chi connectivity index (χ0v) is 9.21. The summed E-state index contributed by atoms with van der Waals surface area (Å²) in [5, 5.41) is 0. The van der Waals surface area contributed by atoms with Gasteiger partial charge in [-0.3, -0.25) is 4.98 Å². The first-order valence-electron chi connectivity index (χ1n) is 5.71. The molecular weight excluding hydrogens is 170 g/mol. The number of aromatic nitrogens is 1. The fraction of sp³-hybridized carbons (Fsp3) is 0.615. The van der Waals surface area contributed by atoms with E-state index in [1.54, 1.807) is 0 Å². The topological polar surface area (TPSA) is 12.9 Å². The van der Waals surface area contributed by atoms with Gasteiger partial charge < -0.3 is 0 Å². The first kappa shape index (κ1) is 9.70. The van der Waals surface area contributed by atoms with Crippen LogP contribution in [0.15, 0.2) is 12.1 Å². The van der Waals surface area contributed by atoms with Crippen LogP contribution in [0.1, 0.15) is 55.0 Å². The highest BCUT2D eigenvalue weighted by molar-refractivity contribution is 5.24. The van der Waals surface area contributed by atoms with Gasteiger partial charge in [-0.2, -0.15) is 0 Å². The van der Waals surface area contributed by atoms with Gasteiger partial charge in [0.05, 0.1) is 0 Å². The van der Waals surface area contributed by atoms with Crippen molar-refractivity contribution in [2.75, 3.05) is 0 Å². The second-order valence-electron chi connectivity index (χ2n) is 4.52. The molecule has 76 valence electrons. The molecule has 1 aromatic heterocycles. The van der Waals surface area contributed by atoms with Crippen LogP contribution in [-0.4, -0.2) is 4.98 Å². The van der Waals surface area contributed by atoms with Crippen LogP contribution < -0.4 is 0 Å². The Morgan fingerprint density at radius 1 is 1.00 bits per heavy atom. The number of hydrogen-bond donors (Lipinski definition) is 0. The minimum atomic E-state index is 0.809. The van der Waals surface area contributed by atoms with Crippen molar-refractivity contribution < 1.29 is 0 Å². The largest absolute Gasteiger partial charge is 0.258 e. The zero-order valence-electron chi connectivity index (χ0n) is 9.21. The predicted molar refractivity (Wildman–Crippen MR) is 59.5 cm³/mol. The molecule has 0 amide bonds. The number of rotatable bonds is 1. The quantitative estimate of drug-likeness (QED) is 0.655. The Balaban J connectivity index is 2.21. The number of nitrogens with zero attached hydrogens (tertiary/aromatic N) is 1. The van der Waals surface area contributed by atoms with E-state index in [0.29, 0.717) is 0 Å². The monoisotopic (exact) mass is 189 g/mol. The molecule has 0 bridgehead atoms. The Morgan fingerprint density at radius 2 is 1.57 bits per heavy atom. The Morgan fingerprint density at radius 3 is 2.14 bits per heavy atom. The normalized spacial score (nSPS) is 18.4. The fourth-order valence-electron chi connectivity index (χ4n) is 2.54. The third-order valence-corrected chi connectivity index (χ3v) is 3.18. The summed E-state index contributed by atoms with van der Waals surface area (Å²) in [5.41, 5.74) is 3.87. The minimum Gasteiger partial charge on any atom is -0.258 e. The van der Waals surface area contributed by atoms with Crippen LogP contribution in [0.3, 0.4) is 0 Å². The fourth-order valence-corrected chi connectivity index (χ4v) is 2.54. The summed E-state index contributed by atoms with van der Waals surface area (Å²) < 4.78 is 0. The van der Waals surface area contributed by atoms with Crippen LogP contribution in [-0.2, 0) is 0 Å². The van der Waals surface area contributed by atoms with E-state index in [-0.39, 0.29) is 0 Å². The standard InChI is InChI=1S/C13H19N/c1-10-8-13(9-11(2)14-10)12-6-4-3-5-7-12/h8-9,12H,3-7H2,1-2H3. The molecular formula is C13H19N. The van der Waals surface area contributed by atoms with Crippen LogP contribution in [0, 0.1) is 13.8 Å². The molecule has 0 aromatic carbocycles. The molecule has 1 heterocycles. The maximum Gasteiger partial charge on any atom is 0.0378 e. The summed E-state index contributed by atoms with van der Waals surface area (Å²) in [6.07, 6.45) is 7.00. The summed E-state index contributed by atoms with van der Waals surface area (Å²) in [7, 11) is 0. The highest BCUT2D eigenvalue weighted by Gasteiger charge is 2.15.